The zero-order chi connectivity index (χ0) is 12.1. The molecule has 0 aromatic heterocycles. The molecular formula is C13H16FN3. The van der Waals surface area contributed by atoms with Crippen molar-refractivity contribution >= 4 is 0 Å². The Hall–Kier alpha value is -1.44. The number of piperidine rings is 1. The van der Waals surface area contributed by atoms with Crippen LogP contribution in [0.2, 0.25) is 0 Å². The molecule has 3 nitrogen and oxygen atoms in total. The Morgan fingerprint density at radius 2 is 2.06 bits per heavy atom. The van der Waals surface area contributed by atoms with Crippen LogP contribution in [0.3, 0.4) is 0 Å². The number of nitrogens with zero attached hydrogens (tertiary/aromatic N) is 2. The largest absolute Gasteiger partial charge is 0.251 e. The number of hydrogen-bond acceptors (Lipinski definition) is 3. The molecule has 1 aromatic rings. The van der Waals surface area contributed by atoms with E-state index in [9.17, 15) is 4.39 Å². The van der Waals surface area contributed by atoms with E-state index in [0.29, 0.717) is 17.7 Å². The van der Waals surface area contributed by atoms with Gasteiger partial charge in [-0.2, -0.15) is 5.26 Å². The monoisotopic (exact) mass is 233 g/mol. The summed E-state index contributed by atoms with van der Waals surface area (Å²) in [6.45, 7) is 2.54. The van der Waals surface area contributed by atoms with Crippen molar-refractivity contribution in [1.29, 1.82) is 5.26 Å². The normalized spacial score (nSPS) is 16.7. The number of halogens is 1. The van der Waals surface area contributed by atoms with Crippen LogP contribution in [0.1, 0.15) is 30.4 Å². The Bertz CT molecular complexity index is 419. The van der Waals surface area contributed by atoms with Gasteiger partial charge >= 0.3 is 0 Å². The summed E-state index contributed by atoms with van der Waals surface area (Å²) in [5.74, 6) is -0.312. The maximum atomic E-state index is 13.6. The second-order valence-corrected chi connectivity index (χ2v) is 4.30. The Morgan fingerprint density at radius 1 is 1.29 bits per heavy atom. The average Bonchev–Trinajstić information content (AvgIpc) is 2.38. The summed E-state index contributed by atoms with van der Waals surface area (Å²) in [6.07, 6.45) is 3.68. The van der Waals surface area contributed by atoms with Gasteiger partial charge in [-0.15, -0.1) is 0 Å². The SMILES string of the molecule is N#Cc1ccc(CNN2CCCCC2)c(F)c1. The van der Waals surface area contributed by atoms with E-state index in [1.165, 1.54) is 25.3 Å². The molecule has 1 fully saturated rings. The lowest BCUT2D eigenvalue weighted by Crippen LogP contribution is -2.41. The quantitative estimate of drug-likeness (QED) is 0.869. The molecule has 1 aliphatic rings. The highest BCUT2D eigenvalue weighted by Gasteiger charge is 2.10. The molecule has 1 aromatic carbocycles. The van der Waals surface area contributed by atoms with Crippen LogP contribution in [-0.4, -0.2) is 18.1 Å². The van der Waals surface area contributed by atoms with E-state index < -0.39 is 0 Å². The molecule has 0 radical (unpaired) electrons. The van der Waals surface area contributed by atoms with Crippen molar-refractivity contribution in [3.8, 4) is 6.07 Å². The molecular weight excluding hydrogens is 217 g/mol. The molecule has 17 heavy (non-hydrogen) atoms. The smallest absolute Gasteiger partial charge is 0.129 e. The van der Waals surface area contributed by atoms with Crippen molar-refractivity contribution in [2.24, 2.45) is 0 Å². The standard InChI is InChI=1S/C13H16FN3/c14-13-8-11(9-15)4-5-12(13)10-16-17-6-2-1-3-7-17/h4-5,8,16H,1-3,6-7,10H2. The Labute approximate surface area is 101 Å². The van der Waals surface area contributed by atoms with E-state index in [2.05, 4.69) is 10.4 Å². The predicted molar refractivity (Wildman–Crippen MR) is 63.4 cm³/mol. The number of nitriles is 1. The summed E-state index contributed by atoms with van der Waals surface area (Å²) in [6, 6.07) is 6.54. The molecule has 0 spiro atoms. The van der Waals surface area contributed by atoms with Crippen LogP contribution in [0, 0.1) is 17.1 Å². The van der Waals surface area contributed by atoms with Crippen molar-refractivity contribution in [2.45, 2.75) is 25.8 Å². The summed E-state index contributed by atoms with van der Waals surface area (Å²) in [4.78, 5) is 0. The zero-order valence-corrected chi connectivity index (χ0v) is 9.75. The van der Waals surface area contributed by atoms with Gasteiger partial charge in [0, 0.05) is 25.2 Å². The lowest BCUT2D eigenvalue weighted by molar-refractivity contribution is 0.150. The van der Waals surface area contributed by atoms with E-state index >= 15 is 0 Å². The van der Waals surface area contributed by atoms with Crippen molar-refractivity contribution in [2.75, 3.05) is 13.1 Å². The van der Waals surface area contributed by atoms with Crippen molar-refractivity contribution in [1.82, 2.24) is 10.4 Å². The number of hydrogen-bond donors (Lipinski definition) is 1. The maximum Gasteiger partial charge on any atom is 0.129 e. The first kappa shape index (κ1) is 12.0. The van der Waals surface area contributed by atoms with Gasteiger partial charge in [-0.1, -0.05) is 12.5 Å². The second kappa shape index (κ2) is 5.76. The van der Waals surface area contributed by atoms with Crippen LogP contribution < -0.4 is 5.43 Å². The minimum atomic E-state index is -0.312. The Balaban J connectivity index is 1.92. The van der Waals surface area contributed by atoms with Crippen molar-refractivity contribution < 1.29 is 4.39 Å². The lowest BCUT2D eigenvalue weighted by atomic mass is 10.1. The third kappa shape index (κ3) is 3.26. The third-order valence-corrected chi connectivity index (χ3v) is 3.03. The third-order valence-electron chi connectivity index (χ3n) is 3.03. The van der Waals surface area contributed by atoms with Crippen LogP contribution in [0.5, 0.6) is 0 Å². The number of nitrogens with one attached hydrogen (secondary N) is 1. The number of rotatable bonds is 3. The van der Waals surface area contributed by atoms with Crippen LogP contribution in [0.4, 0.5) is 4.39 Å². The van der Waals surface area contributed by atoms with Gasteiger partial charge in [0.05, 0.1) is 11.6 Å². The van der Waals surface area contributed by atoms with Gasteiger partial charge in [0.25, 0.3) is 0 Å². The van der Waals surface area contributed by atoms with Gasteiger partial charge < -0.3 is 0 Å². The van der Waals surface area contributed by atoms with E-state index in [-0.39, 0.29) is 5.82 Å². The molecule has 0 saturated carbocycles. The fourth-order valence-electron chi connectivity index (χ4n) is 2.01. The summed E-state index contributed by atoms with van der Waals surface area (Å²) >= 11 is 0. The molecule has 0 aliphatic carbocycles. The summed E-state index contributed by atoms with van der Waals surface area (Å²) in [5, 5.41) is 10.8. The predicted octanol–water partition coefficient (Wildman–Crippen LogP) is 2.19. The van der Waals surface area contributed by atoms with Gasteiger partial charge in [0.2, 0.25) is 0 Å². The fraction of sp³-hybridized carbons (Fsp3) is 0.462. The molecule has 1 heterocycles. The maximum absolute atomic E-state index is 13.6. The van der Waals surface area contributed by atoms with E-state index in [0.717, 1.165) is 13.1 Å². The van der Waals surface area contributed by atoms with Gasteiger partial charge in [0.15, 0.2) is 0 Å². The summed E-state index contributed by atoms with van der Waals surface area (Å²) < 4.78 is 13.6. The van der Waals surface area contributed by atoms with Crippen LogP contribution >= 0.6 is 0 Å². The summed E-state index contributed by atoms with van der Waals surface area (Å²) in [5.41, 5.74) is 4.20. The molecule has 90 valence electrons. The Kier molecular flexibility index (Phi) is 4.08. The molecule has 4 heteroatoms. The van der Waals surface area contributed by atoms with Crippen LogP contribution in [0.15, 0.2) is 18.2 Å². The van der Waals surface area contributed by atoms with Crippen molar-refractivity contribution in [3.63, 3.8) is 0 Å². The molecule has 0 bridgehead atoms. The molecule has 1 saturated heterocycles. The summed E-state index contributed by atoms with van der Waals surface area (Å²) in [7, 11) is 0. The Morgan fingerprint density at radius 3 is 2.71 bits per heavy atom. The van der Waals surface area contributed by atoms with Gasteiger partial charge in [0.1, 0.15) is 5.82 Å². The number of benzene rings is 1. The van der Waals surface area contributed by atoms with Gasteiger partial charge in [-0.05, 0) is 25.0 Å². The van der Waals surface area contributed by atoms with Crippen LogP contribution in [-0.2, 0) is 6.54 Å². The molecule has 0 atom stereocenters. The zero-order valence-electron chi connectivity index (χ0n) is 9.75. The highest BCUT2D eigenvalue weighted by Crippen LogP contribution is 2.11. The first-order valence-corrected chi connectivity index (χ1v) is 5.96. The molecule has 1 aliphatic heterocycles. The second-order valence-electron chi connectivity index (χ2n) is 4.30. The molecule has 0 amide bonds. The van der Waals surface area contributed by atoms with Crippen LogP contribution in [0.25, 0.3) is 0 Å². The minimum Gasteiger partial charge on any atom is -0.251 e. The molecule has 2 rings (SSSR count). The van der Waals surface area contributed by atoms with Crippen molar-refractivity contribution in [3.05, 3.63) is 35.1 Å². The highest BCUT2D eigenvalue weighted by atomic mass is 19.1. The van der Waals surface area contributed by atoms with E-state index in [1.807, 2.05) is 6.07 Å². The number of hydrazine groups is 1. The highest BCUT2D eigenvalue weighted by molar-refractivity contribution is 5.32. The topological polar surface area (TPSA) is 39.1 Å². The molecule has 0 unspecified atom stereocenters. The van der Waals surface area contributed by atoms with Gasteiger partial charge in [-0.3, -0.25) is 5.43 Å². The van der Waals surface area contributed by atoms with E-state index in [4.69, 9.17) is 5.26 Å². The average molecular weight is 233 g/mol. The minimum absolute atomic E-state index is 0.312. The van der Waals surface area contributed by atoms with Gasteiger partial charge in [-0.25, -0.2) is 9.40 Å². The first-order chi connectivity index (χ1) is 8.29. The molecule has 1 N–H and O–H groups in total. The fourth-order valence-corrected chi connectivity index (χ4v) is 2.01. The van der Waals surface area contributed by atoms with E-state index in [1.54, 1.807) is 12.1 Å². The first-order valence-electron chi connectivity index (χ1n) is 5.96. The lowest BCUT2D eigenvalue weighted by Gasteiger charge is -2.27.